The Kier molecular flexibility index (Phi) is 8.93. The monoisotopic (exact) mass is 472 g/mol. The van der Waals surface area contributed by atoms with Crippen molar-refractivity contribution < 1.29 is 9.59 Å². The van der Waals surface area contributed by atoms with Gasteiger partial charge in [-0.3, -0.25) is 14.9 Å². The Balaban J connectivity index is 1.73. The Morgan fingerprint density at radius 1 is 1.03 bits per heavy atom. The van der Waals surface area contributed by atoms with Gasteiger partial charge in [-0.15, -0.1) is 11.8 Å². The Labute approximate surface area is 194 Å². The van der Waals surface area contributed by atoms with Crippen LogP contribution in [0.5, 0.6) is 0 Å². The lowest BCUT2D eigenvalue weighted by molar-refractivity contribution is -0.116. The Bertz CT molecular complexity index is 994. The van der Waals surface area contributed by atoms with Crippen molar-refractivity contribution in [2.75, 3.05) is 16.4 Å². The van der Waals surface area contributed by atoms with Gasteiger partial charge in [-0.25, -0.2) is 0 Å². The average molecular weight is 473 g/mol. The molecular weight excluding hydrogens is 448 g/mol. The third-order valence-corrected chi connectivity index (χ3v) is 6.86. The lowest BCUT2D eigenvalue weighted by Crippen LogP contribution is -2.19. The number of benzene rings is 2. The molecule has 0 saturated carbocycles. The molecule has 1 aromatic heterocycles. The minimum Gasteiger partial charge on any atom is -0.326 e. The van der Waals surface area contributed by atoms with Crippen molar-refractivity contribution in [2.45, 2.75) is 42.0 Å². The second kappa shape index (κ2) is 11.9. The first-order valence-corrected chi connectivity index (χ1v) is 12.6. The highest BCUT2D eigenvalue weighted by Crippen LogP contribution is 2.37. The predicted molar refractivity (Wildman–Crippen MR) is 130 cm³/mol. The molecule has 31 heavy (non-hydrogen) atoms. The van der Waals surface area contributed by atoms with Crippen LogP contribution in [0.4, 0.5) is 10.8 Å². The molecule has 9 heteroatoms. The van der Waals surface area contributed by atoms with Gasteiger partial charge in [0.15, 0.2) is 0 Å². The van der Waals surface area contributed by atoms with E-state index in [1.54, 1.807) is 11.8 Å². The molecule has 3 rings (SSSR count). The van der Waals surface area contributed by atoms with Gasteiger partial charge in [-0.05, 0) is 42.0 Å². The summed E-state index contributed by atoms with van der Waals surface area (Å²) in [6.07, 6.45) is 1.30. The van der Waals surface area contributed by atoms with Crippen LogP contribution >= 0.6 is 35.1 Å². The van der Waals surface area contributed by atoms with Crippen LogP contribution in [0.25, 0.3) is 0 Å². The number of carbonyl (C=O) groups is 2. The van der Waals surface area contributed by atoms with Crippen molar-refractivity contribution in [3.63, 3.8) is 0 Å². The first kappa shape index (κ1) is 23.3. The van der Waals surface area contributed by atoms with E-state index in [9.17, 15) is 9.59 Å². The maximum absolute atomic E-state index is 13.1. The molecule has 0 aliphatic heterocycles. The summed E-state index contributed by atoms with van der Waals surface area (Å²) in [5.41, 5.74) is 1.65. The van der Waals surface area contributed by atoms with Gasteiger partial charge in [0.05, 0.1) is 0 Å². The van der Waals surface area contributed by atoms with Crippen LogP contribution in [-0.4, -0.2) is 26.9 Å². The molecule has 0 radical (unpaired) electrons. The summed E-state index contributed by atoms with van der Waals surface area (Å²) in [4.78, 5) is 30.2. The standard InChI is InChI=1S/C22H24N4O2S3/c1-3-8-18(27)23-16-11-13-17(14-12-16)30-19(15-9-6-5-7-10-15)20(28)24-21-25-22(26-31-21)29-4-2/h5-7,9-14,19H,3-4,8H2,1-2H3,(H,23,27)(H,24,25,26,28). The number of amides is 2. The molecular formula is C22H24N4O2S3. The minimum atomic E-state index is -0.451. The summed E-state index contributed by atoms with van der Waals surface area (Å²) in [6, 6.07) is 17.2. The lowest BCUT2D eigenvalue weighted by atomic mass is 10.1. The molecule has 2 amide bonds. The first-order valence-electron chi connectivity index (χ1n) is 9.98. The molecule has 162 valence electrons. The minimum absolute atomic E-state index is 0.00195. The Morgan fingerprint density at radius 2 is 1.77 bits per heavy atom. The molecule has 0 spiro atoms. The van der Waals surface area contributed by atoms with Crippen LogP contribution in [0, 0.1) is 0 Å². The lowest BCUT2D eigenvalue weighted by Gasteiger charge is -2.16. The number of nitrogens with zero attached hydrogens (tertiary/aromatic N) is 2. The molecule has 1 unspecified atom stereocenters. The molecule has 6 nitrogen and oxygen atoms in total. The van der Waals surface area contributed by atoms with Gasteiger partial charge in [-0.2, -0.15) is 9.36 Å². The topological polar surface area (TPSA) is 84.0 Å². The molecule has 0 aliphatic carbocycles. The summed E-state index contributed by atoms with van der Waals surface area (Å²) in [5.74, 6) is 0.726. The van der Waals surface area contributed by atoms with Gasteiger partial charge in [-0.1, -0.05) is 55.9 Å². The van der Waals surface area contributed by atoms with E-state index in [1.165, 1.54) is 23.3 Å². The molecule has 1 heterocycles. The van der Waals surface area contributed by atoms with E-state index < -0.39 is 5.25 Å². The maximum atomic E-state index is 13.1. The van der Waals surface area contributed by atoms with Gasteiger partial charge in [0.1, 0.15) is 5.25 Å². The molecule has 3 aromatic rings. The van der Waals surface area contributed by atoms with Crippen molar-refractivity contribution in [3.8, 4) is 0 Å². The van der Waals surface area contributed by atoms with Crippen molar-refractivity contribution in [2.24, 2.45) is 0 Å². The van der Waals surface area contributed by atoms with Crippen molar-refractivity contribution in [1.29, 1.82) is 0 Å². The number of thioether (sulfide) groups is 2. The number of hydrogen-bond donors (Lipinski definition) is 2. The van der Waals surface area contributed by atoms with Gasteiger partial charge in [0.25, 0.3) is 0 Å². The Morgan fingerprint density at radius 3 is 2.45 bits per heavy atom. The van der Waals surface area contributed by atoms with E-state index in [0.29, 0.717) is 16.7 Å². The number of hydrogen-bond acceptors (Lipinski definition) is 7. The van der Waals surface area contributed by atoms with Crippen LogP contribution in [0.2, 0.25) is 0 Å². The fourth-order valence-electron chi connectivity index (χ4n) is 2.72. The average Bonchev–Trinajstić information content (AvgIpc) is 3.21. The second-order valence-electron chi connectivity index (χ2n) is 6.54. The zero-order chi connectivity index (χ0) is 22.1. The molecule has 2 N–H and O–H groups in total. The van der Waals surface area contributed by atoms with E-state index in [1.807, 2.05) is 68.4 Å². The first-order chi connectivity index (χ1) is 15.1. The maximum Gasteiger partial charge on any atom is 0.244 e. The predicted octanol–water partition coefficient (Wildman–Crippen LogP) is 5.86. The smallest absolute Gasteiger partial charge is 0.244 e. The van der Waals surface area contributed by atoms with E-state index in [-0.39, 0.29) is 11.8 Å². The van der Waals surface area contributed by atoms with Crippen LogP contribution in [0.3, 0.4) is 0 Å². The highest BCUT2D eigenvalue weighted by molar-refractivity contribution is 8.00. The zero-order valence-corrected chi connectivity index (χ0v) is 19.8. The molecule has 0 fully saturated rings. The van der Waals surface area contributed by atoms with Gasteiger partial charge < -0.3 is 5.32 Å². The van der Waals surface area contributed by atoms with E-state index >= 15 is 0 Å². The SMILES string of the molecule is CCCC(=O)Nc1ccc(SC(C(=O)Nc2nc(SCC)ns2)c2ccccc2)cc1. The number of nitrogens with one attached hydrogen (secondary N) is 2. The molecule has 0 bridgehead atoms. The van der Waals surface area contributed by atoms with E-state index in [0.717, 1.165) is 28.3 Å². The molecule has 0 aliphatic rings. The largest absolute Gasteiger partial charge is 0.326 e. The summed E-state index contributed by atoms with van der Waals surface area (Å²) in [6.45, 7) is 4.01. The Hall–Kier alpha value is -2.36. The fraction of sp³-hybridized carbons (Fsp3) is 0.273. The molecule has 0 saturated heterocycles. The van der Waals surface area contributed by atoms with Crippen molar-refractivity contribution in [1.82, 2.24) is 9.36 Å². The van der Waals surface area contributed by atoms with E-state index in [2.05, 4.69) is 20.0 Å². The van der Waals surface area contributed by atoms with E-state index in [4.69, 9.17) is 0 Å². The van der Waals surface area contributed by atoms with Crippen LogP contribution in [-0.2, 0) is 9.59 Å². The second-order valence-corrected chi connectivity index (χ2v) is 9.70. The quantitative estimate of drug-likeness (QED) is 0.360. The summed E-state index contributed by atoms with van der Waals surface area (Å²) in [5, 5.41) is 6.50. The number of rotatable bonds is 10. The number of anilines is 2. The third kappa shape index (κ3) is 7.09. The summed E-state index contributed by atoms with van der Waals surface area (Å²) >= 11 is 4.18. The molecule has 2 aromatic carbocycles. The summed E-state index contributed by atoms with van der Waals surface area (Å²) < 4.78 is 4.26. The van der Waals surface area contributed by atoms with Crippen molar-refractivity contribution >= 4 is 57.7 Å². The van der Waals surface area contributed by atoms with Crippen LogP contribution in [0.15, 0.2) is 64.6 Å². The van der Waals surface area contributed by atoms with Crippen LogP contribution in [0.1, 0.15) is 37.5 Å². The highest BCUT2D eigenvalue weighted by atomic mass is 32.2. The highest BCUT2D eigenvalue weighted by Gasteiger charge is 2.23. The van der Waals surface area contributed by atoms with Crippen molar-refractivity contribution in [3.05, 3.63) is 60.2 Å². The summed E-state index contributed by atoms with van der Waals surface area (Å²) in [7, 11) is 0. The zero-order valence-electron chi connectivity index (χ0n) is 17.3. The van der Waals surface area contributed by atoms with Gasteiger partial charge in [0, 0.05) is 28.5 Å². The molecule has 1 atom stereocenters. The van der Waals surface area contributed by atoms with Gasteiger partial charge in [0.2, 0.25) is 22.1 Å². The van der Waals surface area contributed by atoms with Crippen LogP contribution < -0.4 is 10.6 Å². The number of aromatic nitrogens is 2. The third-order valence-electron chi connectivity index (χ3n) is 4.12. The fourth-order valence-corrected chi connectivity index (χ4v) is 5.02. The normalized spacial score (nSPS) is 11.7. The number of carbonyl (C=O) groups excluding carboxylic acids is 2. The van der Waals surface area contributed by atoms with Gasteiger partial charge >= 0.3 is 0 Å².